The Labute approximate surface area is 130 Å². The summed E-state index contributed by atoms with van der Waals surface area (Å²) in [5, 5.41) is 3.81. The molecule has 1 aromatic rings. The summed E-state index contributed by atoms with van der Waals surface area (Å²) in [7, 11) is 0. The predicted molar refractivity (Wildman–Crippen MR) is 88.2 cm³/mol. The van der Waals surface area contributed by atoms with Crippen molar-refractivity contribution in [3.05, 3.63) is 27.7 Å². The summed E-state index contributed by atoms with van der Waals surface area (Å²) in [5.41, 5.74) is 10.0. The first-order valence-corrected chi connectivity index (χ1v) is 8.31. The largest absolute Gasteiger partial charge is 0.378 e. The van der Waals surface area contributed by atoms with Crippen LogP contribution in [0.3, 0.4) is 0 Å². The first-order chi connectivity index (χ1) is 9.54. The van der Waals surface area contributed by atoms with Gasteiger partial charge in [0, 0.05) is 29.8 Å². The molecule has 2 aliphatic rings. The smallest absolute Gasteiger partial charge is 0.0548 e. The van der Waals surface area contributed by atoms with E-state index in [9.17, 15) is 0 Å². The molecule has 110 valence electrons. The predicted octanol–water partition coefficient (Wildman–Crippen LogP) is 2.90. The minimum atomic E-state index is 0.0830. The second-order valence-electron chi connectivity index (χ2n) is 6.45. The van der Waals surface area contributed by atoms with Crippen molar-refractivity contribution in [3.8, 4) is 0 Å². The highest BCUT2D eigenvalue weighted by molar-refractivity contribution is 9.10. The van der Waals surface area contributed by atoms with Gasteiger partial charge in [-0.3, -0.25) is 0 Å². The number of benzene rings is 1. The van der Waals surface area contributed by atoms with Crippen LogP contribution in [0.2, 0.25) is 0 Å². The fourth-order valence-electron chi connectivity index (χ4n) is 3.84. The third-order valence-electron chi connectivity index (χ3n) is 5.12. The molecular formula is C16H24BrN3. The lowest BCUT2D eigenvalue weighted by Crippen LogP contribution is -2.56. The molecule has 3 nitrogen and oxygen atoms in total. The normalized spacial score (nSPS) is 32.4. The van der Waals surface area contributed by atoms with E-state index in [0.29, 0.717) is 5.92 Å². The Kier molecular flexibility index (Phi) is 3.82. The lowest BCUT2D eigenvalue weighted by Gasteiger charge is -2.44. The van der Waals surface area contributed by atoms with Gasteiger partial charge in [-0.05, 0) is 62.4 Å². The van der Waals surface area contributed by atoms with E-state index in [0.717, 1.165) is 13.0 Å². The van der Waals surface area contributed by atoms with Crippen molar-refractivity contribution in [2.45, 2.75) is 32.2 Å². The van der Waals surface area contributed by atoms with Gasteiger partial charge in [-0.1, -0.05) is 15.9 Å². The molecule has 3 atom stereocenters. The molecule has 0 saturated carbocycles. The van der Waals surface area contributed by atoms with E-state index >= 15 is 0 Å². The highest BCUT2D eigenvalue weighted by atomic mass is 79.9. The van der Waals surface area contributed by atoms with Crippen LogP contribution in [0.1, 0.15) is 24.0 Å². The Morgan fingerprint density at radius 1 is 1.35 bits per heavy atom. The van der Waals surface area contributed by atoms with Crippen molar-refractivity contribution in [1.29, 1.82) is 0 Å². The molecular weight excluding hydrogens is 314 g/mol. The number of nitrogens with one attached hydrogen (secondary N) is 1. The fraction of sp³-hybridized carbons (Fsp3) is 0.625. The molecule has 3 unspecified atom stereocenters. The third kappa shape index (κ3) is 2.38. The Balaban J connectivity index is 1.88. The molecule has 0 radical (unpaired) electrons. The van der Waals surface area contributed by atoms with Crippen LogP contribution in [0.25, 0.3) is 0 Å². The van der Waals surface area contributed by atoms with Gasteiger partial charge in [0.1, 0.15) is 0 Å². The van der Waals surface area contributed by atoms with Gasteiger partial charge in [-0.15, -0.1) is 0 Å². The SMILES string of the molecule is Cc1cc(NC2(CN)CCN3CCC2C3)cc(C)c1Br. The zero-order valence-corrected chi connectivity index (χ0v) is 14.0. The number of fused-ring (bicyclic) bond motifs is 2. The van der Waals surface area contributed by atoms with Crippen molar-refractivity contribution >= 4 is 21.6 Å². The standard InChI is InChI=1S/C16H24BrN3/c1-11-7-14(8-12(2)15(11)17)19-16(10-18)4-6-20-5-3-13(16)9-20/h7-8,13,19H,3-6,9-10,18H2,1-2H3. The fourth-order valence-corrected chi connectivity index (χ4v) is 4.07. The van der Waals surface area contributed by atoms with Crippen molar-refractivity contribution in [1.82, 2.24) is 4.90 Å². The average molecular weight is 338 g/mol. The van der Waals surface area contributed by atoms with Gasteiger partial charge in [0.15, 0.2) is 0 Å². The van der Waals surface area contributed by atoms with Crippen LogP contribution in [0.5, 0.6) is 0 Å². The van der Waals surface area contributed by atoms with E-state index in [-0.39, 0.29) is 5.54 Å². The van der Waals surface area contributed by atoms with Crippen LogP contribution < -0.4 is 11.1 Å². The summed E-state index contributed by atoms with van der Waals surface area (Å²) in [5.74, 6) is 0.686. The van der Waals surface area contributed by atoms with Gasteiger partial charge in [-0.25, -0.2) is 0 Å². The van der Waals surface area contributed by atoms with E-state index in [2.05, 4.69) is 52.1 Å². The maximum absolute atomic E-state index is 6.19. The summed E-state index contributed by atoms with van der Waals surface area (Å²) in [6, 6.07) is 4.46. The van der Waals surface area contributed by atoms with E-state index < -0.39 is 0 Å². The minimum Gasteiger partial charge on any atom is -0.378 e. The van der Waals surface area contributed by atoms with Crippen LogP contribution in [-0.2, 0) is 0 Å². The van der Waals surface area contributed by atoms with Crippen molar-refractivity contribution < 1.29 is 0 Å². The number of nitrogens with two attached hydrogens (primary N) is 1. The summed E-state index contributed by atoms with van der Waals surface area (Å²) in [4.78, 5) is 2.57. The molecule has 2 saturated heterocycles. The quantitative estimate of drug-likeness (QED) is 0.890. The molecule has 3 N–H and O–H groups in total. The highest BCUT2D eigenvalue weighted by Crippen LogP contribution is 2.38. The maximum Gasteiger partial charge on any atom is 0.0548 e. The van der Waals surface area contributed by atoms with Gasteiger partial charge >= 0.3 is 0 Å². The van der Waals surface area contributed by atoms with E-state index in [1.807, 2.05) is 0 Å². The third-order valence-corrected chi connectivity index (χ3v) is 6.37. The summed E-state index contributed by atoms with van der Waals surface area (Å²) < 4.78 is 1.21. The van der Waals surface area contributed by atoms with Gasteiger partial charge in [0.2, 0.25) is 0 Å². The number of anilines is 1. The highest BCUT2D eigenvalue weighted by Gasteiger charge is 2.45. The average Bonchev–Trinajstić information content (AvgIpc) is 2.84. The van der Waals surface area contributed by atoms with Crippen LogP contribution in [0, 0.1) is 19.8 Å². The monoisotopic (exact) mass is 337 g/mol. The minimum absolute atomic E-state index is 0.0830. The van der Waals surface area contributed by atoms with Gasteiger partial charge in [0.05, 0.1) is 5.54 Å². The topological polar surface area (TPSA) is 41.3 Å². The van der Waals surface area contributed by atoms with E-state index in [1.54, 1.807) is 0 Å². The molecule has 2 aliphatic heterocycles. The number of hydrogen-bond donors (Lipinski definition) is 2. The summed E-state index contributed by atoms with van der Waals surface area (Å²) >= 11 is 3.64. The number of hydrogen-bond acceptors (Lipinski definition) is 3. The van der Waals surface area contributed by atoms with Crippen LogP contribution in [0.15, 0.2) is 16.6 Å². The zero-order valence-electron chi connectivity index (χ0n) is 12.4. The summed E-state index contributed by atoms with van der Waals surface area (Å²) in [6.07, 6.45) is 2.43. The molecule has 3 rings (SSSR count). The van der Waals surface area contributed by atoms with E-state index in [1.165, 1.54) is 47.3 Å². The zero-order chi connectivity index (χ0) is 14.3. The molecule has 0 amide bonds. The van der Waals surface area contributed by atoms with Gasteiger partial charge in [-0.2, -0.15) is 0 Å². The van der Waals surface area contributed by atoms with Crippen LogP contribution in [0.4, 0.5) is 5.69 Å². The van der Waals surface area contributed by atoms with Gasteiger partial charge < -0.3 is 16.0 Å². The van der Waals surface area contributed by atoms with Crippen molar-refractivity contribution in [2.24, 2.45) is 11.7 Å². The van der Waals surface area contributed by atoms with Gasteiger partial charge in [0.25, 0.3) is 0 Å². The lowest BCUT2D eigenvalue weighted by molar-refractivity contribution is 0.190. The number of nitrogens with zero attached hydrogens (tertiary/aromatic N) is 1. The van der Waals surface area contributed by atoms with E-state index in [4.69, 9.17) is 5.73 Å². The maximum atomic E-state index is 6.19. The molecule has 4 heteroatoms. The molecule has 0 spiro atoms. The molecule has 0 aromatic heterocycles. The summed E-state index contributed by atoms with van der Waals surface area (Å²) in [6.45, 7) is 8.64. The number of rotatable bonds is 3. The van der Waals surface area contributed by atoms with Crippen molar-refractivity contribution in [3.63, 3.8) is 0 Å². The first kappa shape index (κ1) is 14.4. The van der Waals surface area contributed by atoms with Crippen LogP contribution >= 0.6 is 15.9 Å². The Morgan fingerprint density at radius 2 is 2.05 bits per heavy atom. The molecule has 2 heterocycles. The second-order valence-corrected chi connectivity index (χ2v) is 7.24. The Bertz CT molecular complexity index is 493. The Morgan fingerprint density at radius 3 is 2.70 bits per heavy atom. The molecule has 2 fully saturated rings. The second kappa shape index (κ2) is 5.32. The number of aryl methyl sites for hydroxylation is 2. The molecule has 1 aromatic carbocycles. The van der Waals surface area contributed by atoms with Crippen molar-refractivity contribution in [2.75, 3.05) is 31.5 Å². The molecule has 20 heavy (non-hydrogen) atoms. The first-order valence-electron chi connectivity index (χ1n) is 7.51. The molecule has 2 bridgehead atoms. The number of piperidine rings is 1. The number of halogens is 1. The molecule has 0 aliphatic carbocycles. The lowest BCUT2D eigenvalue weighted by atomic mass is 9.78. The Hall–Kier alpha value is -0.580. The van der Waals surface area contributed by atoms with Crippen LogP contribution in [-0.4, -0.2) is 36.6 Å².